The summed E-state index contributed by atoms with van der Waals surface area (Å²) in [4.78, 5) is 7.35. The van der Waals surface area contributed by atoms with Gasteiger partial charge in [0.05, 0.1) is 10.7 Å². The SMILES string of the molecule is CCCc1nc(CN(CCC)C2CCNC2)cs1. The highest BCUT2D eigenvalue weighted by Crippen LogP contribution is 2.17. The molecule has 1 unspecified atom stereocenters. The molecule has 3 nitrogen and oxygen atoms in total. The minimum atomic E-state index is 0.710. The second-order valence-corrected chi connectivity index (χ2v) is 6.04. The zero-order valence-corrected chi connectivity index (χ0v) is 12.4. The van der Waals surface area contributed by atoms with Gasteiger partial charge in [0, 0.05) is 24.5 Å². The first-order chi connectivity index (χ1) is 8.83. The molecule has 0 bridgehead atoms. The summed E-state index contributed by atoms with van der Waals surface area (Å²) in [6, 6.07) is 0.710. The van der Waals surface area contributed by atoms with Crippen molar-refractivity contribution in [1.29, 1.82) is 0 Å². The standard InChI is InChI=1S/C14H25N3S/c1-3-5-14-16-12(11-18-14)10-17(8-4-2)13-6-7-15-9-13/h11,13,15H,3-10H2,1-2H3. The monoisotopic (exact) mass is 267 g/mol. The fraction of sp³-hybridized carbons (Fsp3) is 0.786. The van der Waals surface area contributed by atoms with E-state index >= 15 is 0 Å². The average molecular weight is 267 g/mol. The molecule has 1 fully saturated rings. The van der Waals surface area contributed by atoms with E-state index in [4.69, 9.17) is 4.98 Å². The summed E-state index contributed by atoms with van der Waals surface area (Å²) in [5, 5.41) is 7.01. The maximum Gasteiger partial charge on any atom is 0.0928 e. The van der Waals surface area contributed by atoms with Crippen LogP contribution in [0.15, 0.2) is 5.38 Å². The first-order valence-electron chi connectivity index (χ1n) is 7.21. The first kappa shape index (κ1) is 14.0. The molecular weight excluding hydrogens is 242 g/mol. The van der Waals surface area contributed by atoms with E-state index in [1.54, 1.807) is 0 Å². The topological polar surface area (TPSA) is 28.2 Å². The molecule has 0 spiro atoms. The van der Waals surface area contributed by atoms with Gasteiger partial charge in [-0.3, -0.25) is 4.90 Å². The highest BCUT2D eigenvalue weighted by molar-refractivity contribution is 7.09. The summed E-state index contributed by atoms with van der Waals surface area (Å²) in [6.07, 6.45) is 4.83. The lowest BCUT2D eigenvalue weighted by molar-refractivity contribution is 0.197. The molecule has 1 aromatic rings. The largest absolute Gasteiger partial charge is 0.315 e. The van der Waals surface area contributed by atoms with Crippen LogP contribution in [0.1, 0.15) is 43.8 Å². The van der Waals surface area contributed by atoms with E-state index in [0.717, 1.165) is 19.5 Å². The van der Waals surface area contributed by atoms with Crippen LogP contribution in [-0.4, -0.2) is 35.6 Å². The normalized spacial score (nSPS) is 19.8. The van der Waals surface area contributed by atoms with Crippen LogP contribution in [-0.2, 0) is 13.0 Å². The van der Waals surface area contributed by atoms with Crippen molar-refractivity contribution in [3.63, 3.8) is 0 Å². The second kappa shape index (κ2) is 7.22. The van der Waals surface area contributed by atoms with Crippen molar-refractivity contribution in [1.82, 2.24) is 15.2 Å². The van der Waals surface area contributed by atoms with Gasteiger partial charge in [-0.2, -0.15) is 0 Å². The van der Waals surface area contributed by atoms with Gasteiger partial charge in [0.1, 0.15) is 0 Å². The van der Waals surface area contributed by atoms with Crippen LogP contribution in [0.2, 0.25) is 0 Å². The Morgan fingerprint density at radius 1 is 1.44 bits per heavy atom. The molecule has 1 atom stereocenters. The Labute approximate surface area is 115 Å². The number of aromatic nitrogens is 1. The average Bonchev–Trinajstić information content (AvgIpc) is 3.00. The van der Waals surface area contributed by atoms with E-state index in [9.17, 15) is 0 Å². The fourth-order valence-corrected chi connectivity index (χ4v) is 3.48. The van der Waals surface area contributed by atoms with E-state index in [2.05, 4.69) is 29.4 Å². The molecule has 1 N–H and O–H groups in total. The van der Waals surface area contributed by atoms with Crippen LogP contribution in [0.25, 0.3) is 0 Å². The summed E-state index contributed by atoms with van der Waals surface area (Å²) in [7, 11) is 0. The van der Waals surface area contributed by atoms with Gasteiger partial charge in [-0.1, -0.05) is 13.8 Å². The molecule has 1 saturated heterocycles. The fourth-order valence-electron chi connectivity index (χ4n) is 2.59. The zero-order chi connectivity index (χ0) is 12.8. The van der Waals surface area contributed by atoms with Crippen molar-refractivity contribution >= 4 is 11.3 Å². The third-order valence-corrected chi connectivity index (χ3v) is 4.45. The highest BCUT2D eigenvalue weighted by Gasteiger charge is 2.22. The molecule has 2 rings (SSSR count). The maximum absolute atomic E-state index is 4.75. The predicted octanol–water partition coefficient (Wildman–Crippen LogP) is 2.67. The summed E-state index contributed by atoms with van der Waals surface area (Å²) in [6.45, 7) is 9.01. The van der Waals surface area contributed by atoms with Gasteiger partial charge >= 0.3 is 0 Å². The Morgan fingerprint density at radius 3 is 3.00 bits per heavy atom. The highest BCUT2D eigenvalue weighted by atomic mass is 32.1. The number of aryl methyl sites for hydroxylation is 1. The molecule has 102 valence electrons. The lowest BCUT2D eigenvalue weighted by atomic mass is 10.2. The number of hydrogen-bond acceptors (Lipinski definition) is 4. The number of rotatable bonds is 7. The van der Waals surface area contributed by atoms with Crippen molar-refractivity contribution in [2.45, 2.75) is 52.1 Å². The Hall–Kier alpha value is -0.450. The lowest BCUT2D eigenvalue weighted by Gasteiger charge is -2.27. The van der Waals surface area contributed by atoms with Crippen molar-refractivity contribution in [3.8, 4) is 0 Å². The van der Waals surface area contributed by atoms with Crippen LogP contribution in [0.4, 0.5) is 0 Å². The number of nitrogens with one attached hydrogen (secondary N) is 1. The van der Waals surface area contributed by atoms with Crippen molar-refractivity contribution < 1.29 is 0 Å². The summed E-state index contributed by atoms with van der Waals surface area (Å²) >= 11 is 1.82. The predicted molar refractivity (Wildman–Crippen MR) is 78.1 cm³/mol. The molecule has 1 aromatic heterocycles. The molecule has 0 amide bonds. The van der Waals surface area contributed by atoms with E-state index in [-0.39, 0.29) is 0 Å². The maximum atomic E-state index is 4.75. The Bertz CT molecular complexity index is 345. The van der Waals surface area contributed by atoms with E-state index in [0.29, 0.717) is 6.04 Å². The van der Waals surface area contributed by atoms with E-state index in [1.165, 1.54) is 43.1 Å². The minimum Gasteiger partial charge on any atom is -0.315 e. The van der Waals surface area contributed by atoms with Gasteiger partial charge in [0.25, 0.3) is 0 Å². The van der Waals surface area contributed by atoms with Crippen molar-refractivity contribution in [3.05, 3.63) is 16.1 Å². The molecule has 4 heteroatoms. The molecule has 0 aliphatic carbocycles. The van der Waals surface area contributed by atoms with Crippen LogP contribution >= 0.6 is 11.3 Å². The number of nitrogens with zero attached hydrogens (tertiary/aromatic N) is 2. The molecule has 1 aliphatic heterocycles. The third kappa shape index (κ3) is 3.77. The third-order valence-electron chi connectivity index (χ3n) is 3.49. The molecule has 0 saturated carbocycles. The van der Waals surface area contributed by atoms with E-state index < -0.39 is 0 Å². The second-order valence-electron chi connectivity index (χ2n) is 5.10. The molecule has 0 aromatic carbocycles. The van der Waals surface area contributed by atoms with Crippen molar-refractivity contribution in [2.75, 3.05) is 19.6 Å². The Kier molecular flexibility index (Phi) is 5.60. The first-order valence-corrected chi connectivity index (χ1v) is 8.09. The quantitative estimate of drug-likeness (QED) is 0.823. The zero-order valence-electron chi connectivity index (χ0n) is 11.6. The molecular formula is C14H25N3S. The van der Waals surface area contributed by atoms with E-state index in [1.807, 2.05) is 11.3 Å². The van der Waals surface area contributed by atoms with Crippen LogP contribution in [0.3, 0.4) is 0 Å². The smallest absolute Gasteiger partial charge is 0.0928 e. The number of thiazole rings is 1. The van der Waals surface area contributed by atoms with Gasteiger partial charge < -0.3 is 5.32 Å². The molecule has 1 aliphatic rings. The summed E-state index contributed by atoms with van der Waals surface area (Å²) < 4.78 is 0. The number of hydrogen-bond donors (Lipinski definition) is 1. The van der Waals surface area contributed by atoms with Crippen LogP contribution in [0, 0.1) is 0 Å². The van der Waals surface area contributed by atoms with Gasteiger partial charge in [-0.25, -0.2) is 4.98 Å². The van der Waals surface area contributed by atoms with Crippen LogP contribution < -0.4 is 5.32 Å². The molecule has 0 radical (unpaired) electrons. The molecule has 18 heavy (non-hydrogen) atoms. The minimum absolute atomic E-state index is 0.710. The lowest BCUT2D eigenvalue weighted by Crippen LogP contribution is -2.37. The van der Waals surface area contributed by atoms with Gasteiger partial charge in [0.15, 0.2) is 0 Å². The van der Waals surface area contributed by atoms with Crippen LogP contribution in [0.5, 0.6) is 0 Å². The summed E-state index contributed by atoms with van der Waals surface area (Å²) in [5.41, 5.74) is 1.27. The Morgan fingerprint density at radius 2 is 2.33 bits per heavy atom. The van der Waals surface area contributed by atoms with Gasteiger partial charge in [-0.05, 0) is 38.8 Å². The van der Waals surface area contributed by atoms with Gasteiger partial charge in [-0.15, -0.1) is 11.3 Å². The summed E-state index contributed by atoms with van der Waals surface area (Å²) in [5.74, 6) is 0. The van der Waals surface area contributed by atoms with Gasteiger partial charge in [0.2, 0.25) is 0 Å². The Balaban J connectivity index is 1.93. The molecule has 2 heterocycles. The van der Waals surface area contributed by atoms with Crippen molar-refractivity contribution in [2.24, 2.45) is 0 Å².